The summed E-state index contributed by atoms with van der Waals surface area (Å²) in [6.45, 7) is 3.22. The van der Waals surface area contributed by atoms with Crippen LogP contribution in [0.25, 0.3) is 11.3 Å². The monoisotopic (exact) mass is 481 g/mol. The molecule has 0 bridgehead atoms. The fourth-order valence-corrected chi connectivity index (χ4v) is 4.51. The van der Waals surface area contributed by atoms with Gasteiger partial charge in [-0.25, -0.2) is 4.39 Å². The highest BCUT2D eigenvalue weighted by atomic mass is 19.1. The van der Waals surface area contributed by atoms with Crippen LogP contribution in [-0.2, 0) is 11.2 Å². The van der Waals surface area contributed by atoms with Crippen molar-refractivity contribution in [2.45, 2.75) is 12.5 Å². The standard InChI is InChI=1S/C25H28FN5O4/c1-31-10-11-34-15(13-31)14-35-20-12-27-8-6-16(20)22-23(21-18(29-22)7-9-28-25(21)32)30-19-5-3-4-17(26)24(19)33-2/h3-6,8,12,15,29-30H,7,9-11,13-14H2,1-2H3,(H,28,32)/t15-/m0/s1. The van der Waals surface area contributed by atoms with Crippen LogP contribution in [0.15, 0.2) is 36.7 Å². The Kier molecular flexibility index (Phi) is 6.56. The highest BCUT2D eigenvalue weighted by Gasteiger charge is 2.29. The number of aromatic nitrogens is 2. The Bertz CT molecular complexity index is 1230. The Hall–Kier alpha value is -3.63. The van der Waals surface area contributed by atoms with Crippen molar-refractivity contribution in [2.24, 2.45) is 0 Å². The molecule has 5 rings (SSSR count). The number of rotatable bonds is 7. The summed E-state index contributed by atoms with van der Waals surface area (Å²) >= 11 is 0. The van der Waals surface area contributed by atoms with Gasteiger partial charge in [0.2, 0.25) is 0 Å². The fourth-order valence-electron chi connectivity index (χ4n) is 4.51. The van der Waals surface area contributed by atoms with Crippen molar-refractivity contribution >= 4 is 17.3 Å². The van der Waals surface area contributed by atoms with Gasteiger partial charge in [0.05, 0.1) is 42.5 Å². The third-order valence-corrected chi connectivity index (χ3v) is 6.22. The van der Waals surface area contributed by atoms with Gasteiger partial charge < -0.3 is 34.7 Å². The second kappa shape index (κ2) is 9.93. The molecule has 9 nitrogen and oxygen atoms in total. The number of amides is 1. The second-order valence-electron chi connectivity index (χ2n) is 8.62. The van der Waals surface area contributed by atoms with E-state index in [1.54, 1.807) is 24.5 Å². The van der Waals surface area contributed by atoms with Crippen molar-refractivity contribution in [1.82, 2.24) is 20.2 Å². The molecular weight excluding hydrogens is 453 g/mol. The second-order valence-corrected chi connectivity index (χ2v) is 8.62. The van der Waals surface area contributed by atoms with E-state index in [1.807, 2.05) is 6.07 Å². The average Bonchev–Trinajstić information content (AvgIpc) is 3.22. The lowest BCUT2D eigenvalue weighted by atomic mass is 10.0. The van der Waals surface area contributed by atoms with Crippen LogP contribution in [-0.4, -0.2) is 73.9 Å². The Labute approximate surface area is 202 Å². The van der Waals surface area contributed by atoms with Gasteiger partial charge in [0.15, 0.2) is 11.6 Å². The van der Waals surface area contributed by atoms with Gasteiger partial charge in [0.25, 0.3) is 5.91 Å². The number of pyridine rings is 1. The summed E-state index contributed by atoms with van der Waals surface area (Å²) in [5, 5.41) is 6.13. The number of benzene rings is 1. The number of para-hydroxylation sites is 1. The molecule has 184 valence electrons. The van der Waals surface area contributed by atoms with Crippen LogP contribution in [0.1, 0.15) is 16.1 Å². The first-order valence-electron chi connectivity index (χ1n) is 11.5. The van der Waals surface area contributed by atoms with Gasteiger partial charge in [-0.15, -0.1) is 0 Å². The molecule has 0 radical (unpaired) electrons. The molecule has 2 aliphatic rings. The SMILES string of the molecule is COc1c(F)cccc1Nc1c(-c2ccncc2OC[C@@H]2CN(C)CCO2)[nH]c2c1C(=O)NCC2. The van der Waals surface area contributed by atoms with E-state index in [4.69, 9.17) is 14.2 Å². The summed E-state index contributed by atoms with van der Waals surface area (Å²) in [5.74, 6) is -0.0907. The minimum absolute atomic E-state index is 0.0569. The zero-order valence-corrected chi connectivity index (χ0v) is 19.7. The highest BCUT2D eigenvalue weighted by Crippen LogP contribution is 2.42. The quantitative estimate of drug-likeness (QED) is 0.477. The molecule has 0 unspecified atom stereocenters. The Morgan fingerprint density at radius 1 is 1.34 bits per heavy atom. The van der Waals surface area contributed by atoms with Crippen LogP contribution >= 0.6 is 0 Å². The number of fused-ring (bicyclic) bond motifs is 1. The van der Waals surface area contributed by atoms with Gasteiger partial charge in [-0.1, -0.05) is 6.07 Å². The van der Waals surface area contributed by atoms with Crippen LogP contribution < -0.4 is 20.1 Å². The number of likely N-dealkylation sites (N-methyl/N-ethyl adjacent to an activating group) is 1. The lowest BCUT2D eigenvalue weighted by Gasteiger charge is -2.30. The minimum atomic E-state index is -0.502. The third-order valence-electron chi connectivity index (χ3n) is 6.22. The van der Waals surface area contributed by atoms with Crippen LogP contribution in [0.3, 0.4) is 0 Å². The first kappa shape index (κ1) is 23.1. The molecule has 2 aliphatic heterocycles. The molecule has 0 saturated carbocycles. The Morgan fingerprint density at radius 2 is 2.23 bits per heavy atom. The first-order chi connectivity index (χ1) is 17.0. The maximum absolute atomic E-state index is 14.4. The number of nitrogens with zero attached hydrogens (tertiary/aromatic N) is 2. The molecule has 1 aromatic carbocycles. The maximum atomic E-state index is 14.4. The molecular formula is C25H28FN5O4. The summed E-state index contributed by atoms with van der Waals surface area (Å²) in [6, 6.07) is 6.43. The minimum Gasteiger partial charge on any atom is -0.492 e. The zero-order chi connectivity index (χ0) is 24.4. The summed E-state index contributed by atoms with van der Waals surface area (Å²) in [5.41, 5.74) is 3.58. The van der Waals surface area contributed by atoms with E-state index in [0.717, 1.165) is 24.3 Å². The molecule has 0 aliphatic carbocycles. The number of methoxy groups -OCH3 is 1. The van der Waals surface area contributed by atoms with Gasteiger partial charge in [0, 0.05) is 43.5 Å². The first-order valence-corrected chi connectivity index (χ1v) is 11.5. The number of halogens is 1. The largest absolute Gasteiger partial charge is 0.492 e. The van der Waals surface area contributed by atoms with E-state index in [1.165, 1.54) is 13.2 Å². The third kappa shape index (κ3) is 4.67. The smallest absolute Gasteiger partial charge is 0.255 e. The summed E-state index contributed by atoms with van der Waals surface area (Å²) in [4.78, 5) is 22.7. The molecule has 0 spiro atoms. The molecule has 1 fully saturated rings. The fraction of sp³-hybridized carbons (Fsp3) is 0.360. The summed E-state index contributed by atoms with van der Waals surface area (Å²) < 4.78 is 31.7. The predicted molar refractivity (Wildman–Crippen MR) is 129 cm³/mol. The van der Waals surface area contributed by atoms with Crippen LogP contribution in [0.5, 0.6) is 11.5 Å². The zero-order valence-electron chi connectivity index (χ0n) is 19.7. The van der Waals surface area contributed by atoms with Crippen molar-refractivity contribution in [3.63, 3.8) is 0 Å². The number of carbonyl (C=O) groups is 1. The van der Waals surface area contributed by atoms with E-state index in [2.05, 4.69) is 32.5 Å². The number of carbonyl (C=O) groups excluding carboxylic acids is 1. The number of morpholine rings is 1. The van der Waals surface area contributed by atoms with E-state index >= 15 is 0 Å². The molecule has 4 heterocycles. The molecule has 10 heteroatoms. The molecule has 3 N–H and O–H groups in total. The molecule has 2 aromatic heterocycles. The number of aromatic amines is 1. The normalized spacial score (nSPS) is 18.0. The van der Waals surface area contributed by atoms with Gasteiger partial charge >= 0.3 is 0 Å². The van der Waals surface area contributed by atoms with E-state index < -0.39 is 5.82 Å². The van der Waals surface area contributed by atoms with E-state index in [-0.39, 0.29) is 17.8 Å². The molecule has 35 heavy (non-hydrogen) atoms. The summed E-state index contributed by atoms with van der Waals surface area (Å²) in [7, 11) is 3.46. The molecule has 1 atom stereocenters. The molecule has 3 aromatic rings. The van der Waals surface area contributed by atoms with Crippen LogP contribution in [0.2, 0.25) is 0 Å². The molecule has 1 saturated heterocycles. The lowest BCUT2D eigenvalue weighted by Crippen LogP contribution is -2.42. The number of hydrogen-bond donors (Lipinski definition) is 3. The van der Waals surface area contributed by atoms with Gasteiger partial charge in [-0.05, 0) is 25.2 Å². The maximum Gasteiger partial charge on any atom is 0.255 e. The number of H-pyrrole nitrogens is 1. The number of ether oxygens (including phenoxy) is 3. The average molecular weight is 482 g/mol. The predicted octanol–water partition coefficient (Wildman–Crippen LogP) is 2.96. The summed E-state index contributed by atoms with van der Waals surface area (Å²) in [6.07, 6.45) is 3.89. The van der Waals surface area contributed by atoms with Gasteiger partial charge in [-0.2, -0.15) is 0 Å². The lowest BCUT2D eigenvalue weighted by molar-refractivity contribution is -0.0403. The number of anilines is 2. The number of nitrogens with one attached hydrogen (secondary N) is 3. The van der Waals surface area contributed by atoms with Crippen molar-refractivity contribution in [2.75, 3.05) is 52.3 Å². The topological polar surface area (TPSA) is 101 Å². The van der Waals surface area contributed by atoms with Crippen molar-refractivity contribution < 1.29 is 23.4 Å². The highest BCUT2D eigenvalue weighted by molar-refractivity contribution is 6.06. The van der Waals surface area contributed by atoms with Crippen molar-refractivity contribution in [3.8, 4) is 22.8 Å². The van der Waals surface area contributed by atoms with Crippen LogP contribution in [0.4, 0.5) is 15.8 Å². The Balaban J connectivity index is 1.53. The van der Waals surface area contributed by atoms with Crippen LogP contribution in [0, 0.1) is 5.82 Å². The van der Waals surface area contributed by atoms with E-state index in [9.17, 15) is 9.18 Å². The Morgan fingerprint density at radius 3 is 3.06 bits per heavy atom. The molecule has 1 amide bonds. The van der Waals surface area contributed by atoms with Gasteiger partial charge in [-0.3, -0.25) is 9.78 Å². The number of hydrogen-bond acceptors (Lipinski definition) is 7. The van der Waals surface area contributed by atoms with Crippen molar-refractivity contribution in [3.05, 3.63) is 53.7 Å². The van der Waals surface area contributed by atoms with Gasteiger partial charge in [0.1, 0.15) is 18.5 Å². The van der Waals surface area contributed by atoms with Crippen molar-refractivity contribution in [1.29, 1.82) is 0 Å². The van der Waals surface area contributed by atoms with E-state index in [0.29, 0.717) is 54.6 Å².